The predicted molar refractivity (Wildman–Crippen MR) is 183 cm³/mol. The number of allylic oxidation sites excluding steroid dienone is 2. The van der Waals surface area contributed by atoms with Crippen LogP contribution in [0.15, 0.2) is 12.2 Å². The molecule has 1 heterocycles. The number of ether oxygens (including phenoxy) is 4. The molecular formula is C37H68O10. The maximum absolute atomic E-state index is 12.6. The number of hydrogen-bond donors (Lipinski definition) is 4. The van der Waals surface area contributed by atoms with Crippen LogP contribution in [0.2, 0.25) is 0 Å². The first-order valence-electron chi connectivity index (χ1n) is 18.8. The van der Waals surface area contributed by atoms with E-state index in [0.29, 0.717) is 6.42 Å². The van der Waals surface area contributed by atoms with Gasteiger partial charge in [0, 0.05) is 12.8 Å². The Labute approximate surface area is 284 Å². The van der Waals surface area contributed by atoms with Crippen molar-refractivity contribution in [2.45, 2.75) is 192 Å². The molecule has 1 aliphatic heterocycles. The molecule has 1 aliphatic rings. The average molecular weight is 673 g/mol. The quantitative estimate of drug-likeness (QED) is 0.0381. The van der Waals surface area contributed by atoms with Gasteiger partial charge < -0.3 is 39.4 Å². The molecule has 0 aromatic carbocycles. The van der Waals surface area contributed by atoms with Gasteiger partial charge in [-0.05, 0) is 38.5 Å². The average Bonchev–Trinajstić information content (AvgIpc) is 3.06. The van der Waals surface area contributed by atoms with Crippen molar-refractivity contribution in [1.29, 1.82) is 0 Å². The molecular weight excluding hydrogens is 604 g/mol. The Morgan fingerprint density at radius 2 is 1.13 bits per heavy atom. The van der Waals surface area contributed by atoms with Gasteiger partial charge in [0.2, 0.25) is 0 Å². The van der Waals surface area contributed by atoms with Crippen LogP contribution in [0.4, 0.5) is 0 Å². The fraction of sp³-hybridized carbons (Fsp3) is 0.892. The van der Waals surface area contributed by atoms with Crippen LogP contribution in [0, 0.1) is 0 Å². The summed E-state index contributed by atoms with van der Waals surface area (Å²) in [6.45, 7) is 3.35. The minimum Gasteiger partial charge on any atom is -0.462 e. The zero-order chi connectivity index (χ0) is 34.5. The number of carbonyl (C=O) groups is 2. The molecule has 4 N–H and O–H groups in total. The van der Waals surface area contributed by atoms with Crippen molar-refractivity contribution in [1.82, 2.24) is 0 Å². The van der Waals surface area contributed by atoms with E-state index < -0.39 is 49.4 Å². The van der Waals surface area contributed by atoms with Crippen LogP contribution in [-0.4, -0.2) is 89.0 Å². The predicted octanol–water partition coefficient (Wildman–Crippen LogP) is 6.44. The first-order valence-corrected chi connectivity index (χ1v) is 18.8. The van der Waals surface area contributed by atoms with E-state index in [1.807, 2.05) is 0 Å². The van der Waals surface area contributed by atoms with Crippen LogP contribution in [0.5, 0.6) is 0 Å². The Kier molecular flexibility index (Phi) is 27.2. The largest absolute Gasteiger partial charge is 0.462 e. The lowest BCUT2D eigenvalue weighted by Crippen LogP contribution is -2.59. The molecule has 0 amide bonds. The maximum atomic E-state index is 12.6. The third-order valence-electron chi connectivity index (χ3n) is 8.65. The van der Waals surface area contributed by atoms with Crippen molar-refractivity contribution >= 4 is 11.9 Å². The Morgan fingerprint density at radius 1 is 0.638 bits per heavy atom. The molecule has 0 bridgehead atoms. The second-order valence-electron chi connectivity index (χ2n) is 13.0. The smallest absolute Gasteiger partial charge is 0.306 e. The summed E-state index contributed by atoms with van der Waals surface area (Å²) in [4.78, 5) is 25.1. The highest BCUT2D eigenvalue weighted by molar-refractivity contribution is 5.70. The van der Waals surface area contributed by atoms with Gasteiger partial charge in [0.1, 0.15) is 31.0 Å². The van der Waals surface area contributed by atoms with Crippen molar-refractivity contribution in [2.75, 3.05) is 19.8 Å². The molecule has 10 nitrogen and oxygen atoms in total. The maximum Gasteiger partial charge on any atom is 0.306 e. The van der Waals surface area contributed by atoms with Crippen molar-refractivity contribution in [3.05, 3.63) is 12.2 Å². The minimum absolute atomic E-state index is 0.217. The Morgan fingerprint density at radius 3 is 1.70 bits per heavy atom. The zero-order valence-corrected chi connectivity index (χ0v) is 29.5. The van der Waals surface area contributed by atoms with Crippen LogP contribution in [0.25, 0.3) is 0 Å². The summed E-state index contributed by atoms with van der Waals surface area (Å²) < 4.78 is 22.0. The van der Waals surface area contributed by atoms with Crippen molar-refractivity contribution in [3.8, 4) is 0 Å². The summed E-state index contributed by atoms with van der Waals surface area (Å²) in [5.74, 6) is -0.817. The Bertz CT molecular complexity index is 789. The van der Waals surface area contributed by atoms with Crippen LogP contribution >= 0.6 is 0 Å². The Balaban J connectivity index is 2.42. The van der Waals surface area contributed by atoms with Gasteiger partial charge in [0.15, 0.2) is 12.4 Å². The molecule has 0 aromatic heterocycles. The van der Waals surface area contributed by atoms with E-state index in [4.69, 9.17) is 18.9 Å². The van der Waals surface area contributed by atoms with Gasteiger partial charge in [-0.1, -0.05) is 116 Å². The lowest BCUT2D eigenvalue weighted by molar-refractivity contribution is -0.305. The molecule has 0 aromatic rings. The highest BCUT2D eigenvalue weighted by Crippen LogP contribution is 2.22. The van der Waals surface area contributed by atoms with Crippen molar-refractivity contribution < 1.29 is 49.0 Å². The van der Waals surface area contributed by atoms with Gasteiger partial charge in [-0.15, -0.1) is 0 Å². The van der Waals surface area contributed by atoms with Gasteiger partial charge in [0.05, 0.1) is 13.2 Å². The minimum atomic E-state index is -1.59. The molecule has 6 atom stereocenters. The third-order valence-corrected chi connectivity index (χ3v) is 8.65. The summed E-state index contributed by atoms with van der Waals surface area (Å²) in [5.41, 5.74) is 0. The van der Waals surface area contributed by atoms with E-state index in [2.05, 4.69) is 26.0 Å². The second-order valence-corrected chi connectivity index (χ2v) is 13.0. The fourth-order valence-electron chi connectivity index (χ4n) is 5.59. The molecule has 1 saturated heterocycles. The number of carbonyl (C=O) groups excluding carboxylic acids is 2. The highest BCUT2D eigenvalue weighted by atomic mass is 16.7. The molecule has 1 fully saturated rings. The van der Waals surface area contributed by atoms with Gasteiger partial charge in [-0.3, -0.25) is 9.59 Å². The Hall–Kier alpha value is -1.56. The molecule has 0 spiro atoms. The fourth-order valence-corrected chi connectivity index (χ4v) is 5.59. The highest BCUT2D eigenvalue weighted by Gasteiger charge is 2.44. The molecule has 276 valence electrons. The van der Waals surface area contributed by atoms with E-state index >= 15 is 0 Å². The van der Waals surface area contributed by atoms with Gasteiger partial charge in [-0.2, -0.15) is 0 Å². The normalized spacial score (nSPS) is 22.0. The van der Waals surface area contributed by atoms with Gasteiger partial charge >= 0.3 is 11.9 Å². The van der Waals surface area contributed by atoms with E-state index in [0.717, 1.165) is 57.8 Å². The summed E-state index contributed by atoms with van der Waals surface area (Å²) in [5, 5.41) is 39.8. The SMILES string of the molecule is CCCCC/C=C\CCCCCCCC(=O)OC(COC(=O)CCCCCCCCCCCC)COC1OC(CO)C(O)C(O)C1O. The number of unbranched alkanes of at least 4 members (excludes halogenated alkanes) is 17. The van der Waals surface area contributed by atoms with E-state index in [9.17, 15) is 30.0 Å². The number of aliphatic hydroxyl groups excluding tert-OH is 4. The van der Waals surface area contributed by atoms with E-state index in [1.165, 1.54) is 64.2 Å². The molecule has 10 heteroatoms. The second kappa shape index (κ2) is 29.4. The number of esters is 2. The standard InChI is InChI=1S/C37H68O10/c1-3-5-7-9-11-13-15-16-18-20-22-24-26-33(40)46-30(29-45-37-36(43)35(42)34(41)31(27-38)47-37)28-44-32(39)25-23-21-19-17-14-12-10-8-6-4-2/h11,13,30-31,34-38,41-43H,3-10,12,14-29H2,1-2H3/b13-11-. The lowest BCUT2D eigenvalue weighted by atomic mass is 9.99. The molecule has 0 radical (unpaired) electrons. The molecule has 1 rings (SSSR count). The summed E-state index contributed by atoms with van der Waals surface area (Å²) >= 11 is 0. The summed E-state index contributed by atoms with van der Waals surface area (Å²) in [7, 11) is 0. The van der Waals surface area contributed by atoms with Crippen LogP contribution < -0.4 is 0 Å². The number of hydrogen-bond acceptors (Lipinski definition) is 10. The molecule has 0 aliphatic carbocycles. The topological polar surface area (TPSA) is 152 Å². The number of aliphatic hydroxyl groups is 4. The molecule has 0 saturated carbocycles. The summed E-state index contributed by atoms with van der Waals surface area (Å²) in [6.07, 6.45) is 19.4. The third kappa shape index (κ3) is 21.9. The van der Waals surface area contributed by atoms with Crippen molar-refractivity contribution in [2.24, 2.45) is 0 Å². The first kappa shape index (κ1) is 43.5. The van der Waals surface area contributed by atoms with Gasteiger partial charge in [0.25, 0.3) is 0 Å². The summed E-state index contributed by atoms with van der Waals surface area (Å²) in [6, 6.07) is 0. The van der Waals surface area contributed by atoms with E-state index in [-0.39, 0.29) is 32.0 Å². The van der Waals surface area contributed by atoms with Gasteiger partial charge in [-0.25, -0.2) is 0 Å². The van der Waals surface area contributed by atoms with Crippen LogP contribution in [-0.2, 0) is 28.5 Å². The first-order chi connectivity index (χ1) is 22.8. The monoisotopic (exact) mass is 672 g/mol. The molecule has 6 unspecified atom stereocenters. The van der Waals surface area contributed by atoms with Crippen LogP contribution in [0.3, 0.4) is 0 Å². The lowest BCUT2D eigenvalue weighted by Gasteiger charge is -2.39. The zero-order valence-electron chi connectivity index (χ0n) is 29.5. The molecule has 47 heavy (non-hydrogen) atoms. The number of rotatable bonds is 30. The van der Waals surface area contributed by atoms with E-state index in [1.54, 1.807) is 0 Å². The van der Waals surface area contributed by atoms with Crippen molar-refractivity contribution in [3.63, 3.8) is 0 Å². The van der Waals surface area contributed by atoms with Crippen LogP contribution in [0.1, 0.15) is 155 Å².